The summed E-state index contributed by atoms with van der Waals surface area (Å²) in [7, 11) is 0. The fourth-order valence-electron chi connectivity index (χ4n) is 6.06. The molecule has 38 heavy (non-hydrogen) atoms. The van der Waals surface area contributed by atoms with Gasteiger partial charge in [0.2, 0.25) is 0 Å². The average molecular weight is 582 g/mol. The zero-order chi connectivity index (χ0) is 26.3. The van der Waals surface area contributed by atoms with Crippen LogP contribution in [0, 0.1) is 25.5 Å². The molecule has 0 aliphatic heterocycles. The summed E-state index contributed by atoms with van der Waals surface area (Å²) in [6, 6.07) is 26.3. The molecule has 6 aromatic rings. The van der Waals surface area contributed by atoms with Crippen molar-refractivity contribution < 1.29 is 8.78 Å². The molecule has 0 fully saturated rings. The molecule has 0 atom stereocenters. The van der Waals surface area contributed by atoms with E-state index in [4.69, 9.17) is 11.6 Å². The lowest BCUT2D eigenvalue weighted by molar-refractivity contribution is 0.627. The van der Waals surface area contributed by atoms with E-state index >= 15 is 0 Å². The Morgan fingerprint density at radius 2 is 1.03 bits per heavy atom. The normalized spacial score (nSPS) is 11.9. The summed E-state index contributed by atoms with van der Waals surface area (Å²) in [5.74, 6) is -0.561. The summed E-state index contributed by atoms with van der Waals surface area (Å²) in [5, 5.41) is 4.92. The number of hydrogen-bond donors (Lipinski definition) is 0. The van der Waals surface area contributed by atoms with Crippen LogP contribution in [0.2, 0.25) is 5.02 Å². The average Bonchev–Trinajstić information content (AvgIpc) is 3.19. The minimum absolute atomic E-state index is 0.279. The van der Waals surface area contributed by atoms with Crippen molar-refractivity contribution in [2.24, 2.45) is 0 Å². The first-order chi connectivity index (χ1) is 18.3. The molecule has 1 aliphatic carbocycles. The molecule has 0 unspecified atom stereocenters. The Labute approximate surface area is 232 Å². The molecule has 0 spiro atoms. The van der Waals surface area contributed by atoms with E-state index in [1.165, 1.54) is 46.2 Å². The van der Waals surface area contributed by atoms with Gasteiger partial charge in [-0.1, -0.05) is 60.1 Å². The number of hydrogen-bond acceptors (Lipinski definition) is 0. The van der Waals surface area contributed by atoms with Gasteiger partial charge in [-0.2, -0.15) is 0 Å². The molecular formula is C34H20BrClF2. The smallest absolute Gasteiger partial charge is 0.123 e. The molecule has 7 rings (SSSR count). The molecule has 0 amide bonds. The molecule has 0 bridgehead atoms. The van der Waals surface area contributed by atoms with E-state index in [1.54, 1.807) is 0 Å². The van der Waals surface area contributed by atoms with E-state index < -0.39 is 0 Å². The molecule has 0 heterocycles. The second kappa shape index (κ2) is 8.49. The maximum atomic E-state index is 14.1. The topological polar surface area (TPSA) is 0 Å². The van der Waals surface area contributed by atoms with E-state index in [2.05, 4.69) is 54.0 Å². The molecule has 0 nitrogen and oxygen atoms in total. The monoisotopic (exact) mass is 580 g/mol. The van der Waals surface area contributed by atoms with Crippen LogP contribution in [0.3, 0.4) is 0 Å². The van der Waals surface area contributed by atoms with Crippen LogP contribution in [0.5, 0.6) is 0 Å². The Morgan fingerprint density at radius 1 is 0.579 bits per heavy atom. The third-order valence-electron chi connectivity index (χ3n) is 7.49. The molecule has 0 saturated heterocycles. The van der Waals surface area contributed by atoms with E-state index in [0.717, 1.165) is 59.8 Å². The third kappa shape index (κ3) is 3.46. The molecule has 6 aromatic carbocycles. The van der Waals surface area contributed by atoms with Gasteiger partial charge in [-0.25, -0.2) is 8.78 Å². The van der Waals surface area contributed by atoms with Gasteiger partial charge in [0.15, 0.2) is 0 Å². The lowest BCUT2D eigenvalue weighted by Crippen LogP contribution is -1.95. The van der Waals surface area contributed by atoms with Crippen LogP contribution in [0.15, 0.2) is 89.4 Å². The molecule has 184 valence electrons. The minimum Gasteiger partial charge on any atom is -0.207 e. The van der Waals surface area contributed by atoms with Crippen molar-refractivity contribution >= 4 is 49.1 Å². The third-order valence-corrected chi connectivity index (χ3v) is 8.69. The second-order valence-corrected chi connectivity index (χ2v) is 11.3. The van der Waals surface area contributed by atoms with Crippen molar-refractivity contribution in [3.63, 3.8) is 0 Å². The zero-order valence-corrected chi connectivity index (χ0v) is 22.9. The maximum absolute atomic E-state index is 14.1. The number of halogens is 4. The van der Waals surface area contributed by atoms with Crippen LogP contribution >= 0.6 is 27.5 Å². The quantitative estimate of drug-likeness (QED) is 0.190. The zero-order valence-electron chi connectivity index (χ0n) is 20.6. The van der Waals surface area contributed by atoms with Gasteiger partial charge in [0.05, 0.1) is 5.02 Å². The van der Waals surface area contributed by atoms with Gasteiger partial charge in [0.1, 0.15) is 11.6 Å². The van der Waals surface area contributed by atoms with E-state index in [9.17, 15) is 8.78 Å². The van der Waals surface area contributed by atoms with Crippen molar-refractivity contribution in [3.8, 4) is 44.5 Å². The molecule has 4 heteroatoms. The van der Waals surface area contributed by atoms with Crippen LogP contribution in [-0.4, -0.2) is 0 Å². The summed E-state index contributed by atoms with van der Waals surface area (Å²) >= 11 is 10.3. The molecule has 0 saturated carbocycles. The highest BCUT2D eigenvalue weighted by Gasteiger charge is 2.31. The van der Waals surface area contributed by atoms with Crippen LogP contribution in [0.1, 0.15) is 11.1 Å². The molecule has 1 aliphatic rings. The second-order valence-electron chi connectivity index (χ2n) is 10.0. The fourth-order valence-corrected chi connectivity index (χ4v) is 6.57. The SMILES string of the molecule is Cc1cc2c3c(cc(C)cc3c1)-c1c-2c(-c2ccc(F)cc2)c2cc(Cl)c(Br)cc2c1-c1ccc(F)cc1. The molecule has 0 aromatic heterocycles. The summed E-state index contributed by atoms with van der Waals surface area (Å²) < 4.78 is 28.9. The first-order valence-corrected chi connectivity index (χ1v) is 13.5. The summed E-state index contributed by atoms with van der Waals surface area (Å²) in [6.45, 7) is 4.23. The van der Waals surface area contributed by atoms with Crippen molar-refractivity contribution in [2.45, 2.75) is 13.8 Å². The summed E-state index contributed by atoms with van der Waals surface area (Å²) in [4.78, 5) is 0. The van der Waals surface area contributed by atoms with E-state index in [1.807, 2.05) is 36.4 Å². The lowest BCUT2D eigenvalue weighted by Gasteiger charge is -2.21. The van der Waals surface area contributed by atoms with Crippen LogP contribution in [0.4, 0.5) is 8.78 Å². The van der Waals surface area contributed by atoms with E-state index in [-0.39, 0.29) is 11.6 Å². The van der Waals surface area contributed by atoms with Crippen molar-refractivity contribution in [1.82, 2.24) is 0 Å². The first kappa shape index (κ1) is 23.6. The highest BCUT2D eigenvalue weighted by molar-refractivity contribution is 9.10. The van der Waals surface area contributed by atoms with E-state index in [0.29, 0.717) is 5.02 Å². The Balaban J connectivity index is 1.78. The standard InChI is InChI=1S/C34H20BrClF2/c1-17-11-21-12-18(2)14-27-30(21)26(13-17)33-31(19-3-7-22(37)8-4-19)24-15-28(35)29(36)16-25(24)32(34(27)33)20-5-9-23(38)10-6-20/h3-16H,1-2H3. The lowest BCUT2D eigenvalue weighted by atomic mass is 9.82. The van der Waals surface area contributed by atoms with Gasteiger partial charge < -0.3 is 0 Å². The fraction of sp³-hybridized carbons (Fsp3) is 0.0588. The van der Waals surface area contributed by atoms with Gasteiger partial charge in [0, 0.05) is 4.47 Å². The predicted molar refractivity (Wildman–Crippen MR) is 159 cm³/mol. The van der Waals surface area contributed by atoms with Crippen LogP contribution < -0.4 is 0 Å². The van der Waals surface area contributed by atoms with Gasteiger partial charge in [0.25, 0.3) is 0 Å². The highest BCUT2D eigenvalue weighted by atomic mass is 79.9. The highest BCUT2D eigenvalue weighted by Crippen LogP contribution is 2.58. The largest absolute Gasteiger partial charge is 0.207 e. The Hall–Kier alpha value is -3.53. The van der Waals surface area contributed by atoms with Gasteiger partial charge in [-0.05, 0) is 143 Å². The minimum atomic E-state index is -0.282. The maximum Gasteiger partial charge on any atom is 0.123 e. The van der Waals surface area contributed by atoms with Gasteiger partial charge in [-0.3, -0.25) is 0 Å². The number of fused-ring (bicyclic) bond motifs is 4. The van der Waals surface area contributed by atoms with Gasteiger partial charge in [-0.15, -0.1) is 0 Å². The van der Waals surface area contributed by atoms with Crippen molar-refractivity contribution in [3.05, 3.63) is 117 Å². The molecular weight excluding hydrogens is 562 g/mol. The Bertz CT molecular complexity index is 1820. The summed E-state index contributed by atoms with van der Waals surface area (Å²) in [6.07, 6.45) is 0. The Morgan fingerprint density at radius 3 is 1.50 bits per heavy atom. The predicted octanol–water partition coefficient (Wildman–Crippen LogP) is 11.3. The molecule has 0 radical (unpaired) electrons. The van der Waals surface area contributed by atoms with Crippen molar-refractivity contribution in [1.29, 1.82) is 0 Å². The summed E-state index contributed by atoms with van der Waals surface area (Å²) in [5.41, 5.74) is 10.7. The van der Waals surface area contributed by atoms with Crippen LogP contribution in [0.25, 0.3) is 66.1 Å². The number of benzene rings is 6. The number of rotatable bonds is 2. The number of aryl methyl sites for hydroxylation is 2. The Kier molecular flexibility index (Phi) is 5.27. The van der Waals surface area contributed by atoms with Crippen LogP contribution in [-0.2, 0) is 0 Å². The van der Waals surface area contributed by atoms with Gasteiger partial charge >= 0.3 is 0 Å². The van der Waals surface area contributed by atoms with Crippen molar-refractivity contribution in [2.75, 3.05) is 0 Å². The first-order valence-electron chi connectivity index (χ1n) is 12.4. The molecule has 0 N–H and O–H groups in total.